The van der Waals surface area contributed by atoms with Crippen LogP contribution in [0.15, 0.2) is 72.5 Å². The molecule has 33 heavy (non-hydrogen) atoms. The number of urea groups is 1. The van der Waals surface area contributed by atoms with Crippen LogP contribution in [0.1, 0.15) is 25.1 Å². The summed E-state index contributed by atoms with van der Waals surface area (Å²) in [6.45, 7) is 9.53. The molecule has 0 aliphatic rings. The Morgan fingerprint density at radius 1 is 1.33 bits per heavy atom. The van der Waals surface area contributed by atoms with Crippen molar-refractivity contribution < 1.29 is 14.3 Å². The van der Waals surface area contributed by atoms with Gasteiger partial charge in [0.1, 0.15) is 17.6 Å². The van der Waals surface area contributed by atoms with Crippen molar-refractivity contribution in [3.63, 3.8) is 0 Å². The first-order chi connectivity index (χ1) is 15.8. The third-order valence-electron chi connectivity index (χ3n) is 4.50. The van der Waals surface area contributed by atoms with Gasteiger partial charge in [0.2, 0.25) is 5.88 Å². The van der Waals surface area contributed by atoms with E-state index in [0.717, 1.165) is 10.6 Å². The summed E-state index contributed by atoms with van der Waals surface area (Å²) in [4.78, 5) is 16.3. The van der Waals surface area contributed by atoms with Crippen LogP contribution in [0.3, 0.4) is 0 Å². The second-order valence-electron chi connectivity index (χ2n) is 7.27. The highest BCUT2D eigenvalue weighted by Gasteiger charge is 2.20. The first-order valence-corrected chi connectivity index (χ1v) is 10.1. The molecular formula is C24H28N6O3. The minimum Gasteiger partial charge on any atom is -0.491 e. The number of ether oxygens (including phenoxy) is 2. The molecule has 9 nitrogen and oxygen atoms in total. The normalized spacial score (nSPS) is 12.1. The first-order valence-electron chi connectivity index (χ1n) is 10.1. The van der Waals surface area contributed by atoms with Crippen LogP contribution in [-0.4, -0.2) is 22.6 Å². The highest BCUT2D eigenvalue weighted by atomic mass is 16.5. The number of hydrogen-bond donors (Lipinski definition) is 3. The number of amides is 2. The van der Waals surface area contributed by atoms with Crippen molar-refractivity contribution in [3.8, 4) is 23.4 Å². The number of pyridine rings is 1. The highest BCUT2D eigenvalue weighted by molar-refractivity contribution is 5.74. The zero-order valence-electron chi connectivity index (χ0n) is 18.9. The van der Waals surface area contributed by atoms with Crippen LogP contribution in [0.25, 0.3) is 0 Å². The Kier molecular flexibility index (Phi) is 9.17. The number of hydrogen-bond acceptors (Lipinski definition) is 7. The molecule has 1 heterocycles. The van der Waals surface area contributed by atoms with E-state index >= 15 is 0 Å². The molecule has 0 aliphatic heterocycles. The van der Waals surface area contributed by atoms with Gasteiger partial charge >= 0.3 is 6.03 Å². The van der Waals surface area contributed by atoms with Gasteiger partial charge in [-0.1, -0.05) is 43.4 Å². The SMILES string of the molecule is C=C(C)/C=C\C=C(/C(C)COc1ccc(Oc2ccccc2C#N)nc1C)N(N)C(=O)NN. The number of allylic oxidation sites excluding steroid dienone is 4. The van der Waals surface area contributed by atoms with E-state index in [2.05, 4.69) is 17.6 Å². The minimum atomic E-state index is -0.658. The maximum atomic E-state index is 11.9. The van der Waals surface area contributed by atoms with Crippen molar-refractivity contribution in [1.29, 1.82) is 5.26 Å². The summed E-state index contributed by atoms with van der Waals surface area (Å²) >= 11 is 0. The van der Waals surface area contributed by atoms with E-state index in [9.17, 15) is 10.1 Å². The third-order valence-corrected chi connectivity index (χ3v) is 4.50. The van der Waals surface area contributed by atoms with Gasteiger partial charge in [-0.05, 0) is 38.1 Å². The van der Waals surface area contributed by atoms with E-state index < -0.39 is 6.03 Å². The fourth-order valence-electron chi connectivity index (χ4n) is 2.78. The van der Waals surface area contributed by atoms with Crippen molar-refractivity contribution in [3.05, 3.63) is 83.7 Å². The summed E-state index contributed by atoms with van der Waals surface area (Å²) in [5.41, 5.74) is 4.37. The number of nitrogens with one attached hydrogen (secondary N) is 1. The number of hydrazine groups is 2. The van der Waals surface area contributed by atoms with Gasteiger partial charge < -0.3 is 9.47 Å². The fourth-order valence-corrected chi connectivity index (χ4v) is 2.78. The predicted molar refractivity (Wildman–Crippen MR) is 126 cm³/mol. The fraction of sp³-hybridized carbons (Fsp3) is 0.208. The Bertz CT molecular complexity index is 1100. The number of aromatic nitrogens is 1. The number of benzene rings is 1. The average molecular weight is 449 g/mol. The molecule has 9 heteroatoms. The van der Waals surface area contributed by atoms with Gasteiger partial charge in [0.25, 0.3) is 0 Å². The molecule has 0 saturated heterocycles. The van der Waals surface area contributed by atoms with Crippen LogP contribution < -0.4 is 26.6 Å². The van der Waals surface area contributed by atoms with Crippen molar-refractivity contribution in [2.75, 3.05) is 6.61 Å². The first kappa shape index (κ1) is 25.1. The molecule has 2 amide bonds. The topological polar surface area (TPSA) is 140 Å². The Labute approximate surface area is 193 Å². The van der Waals surface area contributed by atoms with Gasteiger partial charge in [-0.2, -0.15) is 5.26 Å². The Balaban J connectivity index is 2.13. The molecule has 0 fully saturated rings. The highest BCUT2D eigenvalue weighted by Crippen LogP contribution is 2.27. The lowest BCUT2D eigenvalue weighted by Gasteiger charge is -2.24. The number of nitrogens with two attached hydrogens (primary N) is 2. The second-order valence-corrected chi connectivity index (χ2v) is 7.27. The lowest BCUT2D eigenvalue weighted by atomic mass is 10.1. The quantitative estimate of drug-likeness (QED) is 0.229. The maximum absolute atomic E-state index is 11.9. The number of rotatable bonds is 9. The average Bonchev–Trinajstić information content (AvgIpc) is 2.80. The molecule has 0 saturated carbocycles. The molecule has 172 valence electrons. The zero-order chi connectivity index (χ0) is 24.4. The van der Waals surface area contributed by atoms with E-state index in [1.807, 2.05) is 19.3 Å². The lowest BCUT2D eigenvalue weighted by Crippen LogP contribution is -2.48. The monoisotopic (exact) mass is 448 g/mol. The van der Waals surface area contributed by atoms with Gasteiger partial charge in [-0.25, -0.2) is 26.5 Å². The maximum Gasteiger partial charge on any atom is 0.350 e. The molecule has 2 rings (SSSR count). The van der Waals surface area contributed by atoms with Crippen LogP contribution in [0.4, 0.5) is 4.79 Å². The van der Waals surface area contributed by atoms with E-state index in [1.165, 1.54) is 0 Å². The van der Waals surface area contributed by atoms with Crippen LogP contribution >= 0.6 is 0 Å². The smallest absolute Gasteiger partial charge is 0.350 e. The molecular weight excluding hydrogens is 420 g/mol. The van der Waals surface area contributed by atoms with E-state index in [0.29, 0.717) is 34.3 Å². The van der Waals surface area contributed by atoms with Crippen LogP contribution in [-0.2, 0) is 0 Å². The molecule has 2 aromatic rings. The lowest BCUT2D eigenvalue weighted by molar-refractivity contribution is 0.198. The van der Waals surface area contributed by atoms with Crippen LogP contribution in [0, 0.1) is 24.2 Å². The Morgan fingerprint density at radius 3 is 2.70 bits per heavy atom. The largest absolute Gasteiger partial charge is 0.491 e. The third kappa shape index (κ3) is 7.21. The van der Waals surface area contributed by atoms with Gasteiger partial charge in [-0.3, -0.25) is 5.43 Å². The standard InChI is InChI=1S/C24H28N6O3/c1-16(2)8-7-10-20(30(27)24(31)29-26)17(3)15-32-21-12-13-23(28-18(21)4)33-22-11-6-5-9-19(22)14-25/h5-13,17H,1,15,26-27H2,2-4H3,(H,29,31)/b8-7-,20-10+. The summed E-state index contributed by atoms with van der Waals surface area (Å²) in [5, 5.41) is 10.1. The molecule has 0 radical (unpaired) electrons. The summed E-state index contributed by atoms with van der Waals surface area (Å²) in [6.07, 6.45) is 5.24. The molecule has 1 aromatic carbocycles. The van der Waals surface area contributed by atoms with Gasteiger partial charge in [0.15, 0.2) is 0 Å². The van der Waals surface area contributed by atoms with Crippen LogP contribution in [0.2, 0.25) is 0 Å². The molecule has 0 bridgehead atoms. The number of nitriles is 1. The van der Waals surface area contributed by atoms with Crippen molar-refractivity contribution in [2.45, 2.75) is 20.8 Å². The number of carbonyl (C=O) groups is 1. The molecule has 1 atom stereocenters. The zero-order valence-corrected chi connectivity index (χ0v) is 18.9. The van der Waals surface area contributed by atoms with Crippen molar-refractivity contribution in [1.82, 2.24) is 15.4 Å². The van der Waals surface area contributed by atoms with Gasteiger partial charge in [-0.15, -0.1) is 0 Å². The second kappa shape index (κ2) is 12.0. The number of para-hydroxylation sites is 1. The number of nitrogens with zero attached hydrogens (tertiary/aromatic N) is 3. The van der Waals surface area contributed by atoms with E-state index in [1.54, 1.807) is 61.5 Å². The summed E-state index contributed by atoms with van der Waals surface area (Å²) in [6, 6.07) is 11.7. The molecule has 1 unspecified atom stereocenters. The molecule has 5 N–H and O–H groups in total. The molecule has 0 spiro atoms. The van der Waals surface area contributed by atoms with Gasteiger partial charge in [0.05, 0.1) is 17.9 Å². The molecule has 1 aromatic heterocycles. The van der Waals surface area contributed by atoms with Crippen molar-refractivity contribution >= 4 is 6.03 Å². The number of carbonyl (C=O) groups excluding carboxylic acids is 1. The summed E-state index contributed by atoms with van der Waals surface area (Å²) in [7, 11) is 0. The van der Waals surface area contributed by atoms with E-state index in [-0.39, 0.29) is 12.5 Å². The number of aryl methyl sites for hydroxylation is 1. The van der Waals surface area contributed by atoms with Gasteiger partial charge in [0, 0.05) is 17.7 Å². The predicted octanol–water partition coefficient (Wildman–Crippen LogP) is 3.84. The van der Waals surface area contributed by atoms with Crippen LogP contribution in [0.5, 0.6) is 17.4 Å². The minimum absolute atomic E-state index is 0.221. The summed E-state index contributed by atoms with van der Waals surface area (Å²) < 4.78 is 11.7. The molecule has 0 aliphatic carbocycles. The van der Waals surface area contributed by atoms with Crippen molar-refractivity contribution in [2.24, 2.45) is 17.6 Å². The van der Waals surface area contributed by atoms with E-state index in [4.69, 9.17) is 21.2 Å². The summed E-state index contributed by atoms with van der Waals surface area (Å²) in [5.74, 6) is 12.2. The Hall–Kier alpha value is -4.13. The Morgan fingerprint density at radius 2 is 2.06 bits per heavy atom.